The maximum absolute atomic E-state index is 13.8. The fourth-order valence-corrected chi connectivity index (χ4v) is 3.98. The second kappa shape index (κ2) is 9.51. The molecule has 1 amide bonds. The van der Waals surface area contributed by atoms with Crippen molar-refractivity contribution in [3.8, 4) is 0 Å². The number of carbonyl (C=O) groups is 2. The molecule has 0 radical (unpaired) electrons. The minimum absolute atomic E-state index is 0.0823. The Morgan fingerprint density at radius 2 is 1.88 bits per heavy atom. The Kier molecular flexibility index (Phi) is 6.50. The van der Waals surface area contributed by atoms with E-state index in [4.69, 9.17) is 12.2 Å². The fraction of sp³-hybridized carbons (Fsp3) is 0.273. The number of benzene rings is 1. The van der Waals surface area contributed by atoms with Crippen molar-refractivity contribution in [2.45, 2.75) is 13.5 Å². The Bertz CT molecular complexity index is 1350. The lowest BCUT2D eigenvalue weighted by Crippen LogP contribution is -2.53. The number of anilines is 1. The summed E-state index contributed by atoms with van der Waals surface area (Å²) in [6, 6.07) is 5.67. The number of rotatable bonds is 4. The van der Waals surface area contributed by atoms with E-state index in [9.17, 15) is 23.9 Å². The van der Waals surface area contributed by atoms with Gasteiger partial charge in [-0.15, -0.1) is 0 Å². The Labute approximate surface area is 198 Å². The van der Waals surface area contributed by atoms with Gasteiger partial charge in [-0.05, 0) is 31.3 Å². The molecule has 3 heterocycles. The number of nitrogens with one attached hydrogen (secondary N) is 1. The van der Waals surface area contributed by atoms with Crippen molar-refractivity contribution in [1.29, 1.82) is 0 Å². The molecule has 4 rings (SSSR count). The minimum atomic E-state index is -1.30. The third-order valence-corrected chi connectivity index (χ3v) is 5.92. The van der Waals surface area contributed by atoms with Crippen LogP contribution < -0.4 is 15.6 Å². The summed E-state index contributed by atoms with van der Waals surface area (Å²) in [7, 11) is 0. The number of piperazine rings is 1. The van der Waals surface area contributed by atoms with E-state index in [0.29, 0.717) is 44.3 Å². The lowest BCUT2D eigenvalue weighted by Gasteiger charge is -2.36. The Morgan fingerprint density at radius 3 is 2.53 bits per heavy atom. The first-order valence-electron chi connectivity index (χ1n) is 10.5. The Morgan fingerprint density at radius 1 is 1.18 bits per heavy atom. The van der Waals surface area contributed by atoms with Crippen molar-refractivity contribution in [1.82, 2.24) is 24.8 Å². The number of fused-ring (bicyclic) bond motifs is 1. The van der Waals surface area contributed by atoms with Gasteiger partial charge in [-0.25, -0.2) is 14.2 Å². The molecule has 176 valence electrons. The van der Waals surface area contributed by atoms with Gasteiger partial charge < -0.3 is 19.5 Å². The first kappa shape index (κ1) is 23.2. The number of nitrogens with zero attached hydrogens (tertiary/aromatic N) is 5. The third-order valence-electron chi connectivity index (χ3n) is 5.56. The molecule has 10 nitrogen and oxygen atoms in total. The van der Waals surface area contributed by atoms with E-state index >= 15 is 0 Å². The van der Waals surface area contributed by atoms with E-state index in [1.807, 2.05) is 11.8 Å². The number of pyridine rings is 1. The highest BCUT2D eigenvalue weighted by Gasteiger charge is 2.24. The van der Waals surface area contributed by atoms with Crippen LogP contribution in [0.3, 0.4) is 0 Å². The zero-order chi connectivity index (χ0) is 24.4. The van der Waals surface area contributed by atoms with Crippen LogP contribution in [-0.4, -0.2) is 67.7 Å². The molecule has 0 aliphatic carbocycles. The SMILES string of the molecule is CCn1cc(C(=O)O)c(=O)c2cnc(N3CCN(C(=S)NC(=O)c4ccccc4F)CC3)nc21. The highest BCUT2D eigenvalue weighted by molar-refractivity contribution is 7.80. The van der Waals surface area contributed by atoms with E-state index < -0.39 is 23.1 Å². The largest absolute Gasteiger partial charge is 0.477 e. The molecule has 0 bridgehead atoms. The summed E-state index contributed by atoms with van der Waals surface area (Å²) in [5, 5.41) is 12.2. The molecule has 0 atom stereocenters. The van der Waals surface area contributed by atoms with Crippen LogP contribution in [0.2, 0.25) is 0 Å². The number of hydrogen-bond donors (Lipinski definition) is 2. The molecule has 1 aromatic carbocycles. The van der Waals surface area contributed by atoms with Gasteiger partial charge in [0.1, 0.15) is 17.0 Å². The molecule has 12 heteroatoms. The molecule has 1 aliphatic rings. The number of thiocarbonyl (C=S) groups is 1. The summed E-state index contributed by atoms with van der Waals surface area (Å²) >= 11 is 5.33. The normalized spacial score (nSPS) is 13.7. The molecule has 1 aliphatic heterocycles. The fourth-order valence-electron chi connectivity index (χ4n) is 3.71. The predicted octanol–water partition coefficient (Wildman–Crippen LogP) is 1.49. The second-order valence-electron chi connectivity index (χ2n) is 7.58. The van der Waals surface area contributed by atoms with Crippen molar-refractivity contribution in [2.75, 3.05) is 31.1 Å². The number of hydrogen-bond acceptors (Lipinski definition) is 7. The summed E-state index contributed by atoms with van der Waals surface area (Å²) in [6.07, 6.45) is 2.64. The number of aromatic carboxylic acids is 1. The highest BCUT2D eigenvalue weighted by Crippen LogP contribution is 2.16. The Balaban J connectivity index is 1.47. The molecule has 0 spiro atoms. The average molecular weight is 485 g/mol. The van der Waals surface area contributed by atoms with Gasteiger partial charge in [0.25, 0.3) is 5.91 Å². The van der Waals surface area contributed by atoms with Gasteiger partial charge in [-0.1, -0.05) is 12.1 Å². The molecule has 3 aromatic rings. The monoisotopic (exact) mass is 484 g/mol. The van der Waals surface area contributed by atoms with E-state index in [2.05, 4.69) is 15.3 Å². The van der Waals surface area contributed by atoms with Crippen LogP contribution in [0.4, 0.5) is 10.3 Å². The van der Waals surface area contributed by atoms with Crippen LogP contribution >= 0.6 is 12.2 Å². The van der Waals surface area contributed by atoms with Crippen molar-refractivity contribution < 1.29 is 19.1 Å². The van der Waals surface area contributed by atoms with Crippen molar-refractivity contribution in [2.24, 2.45) is 0 Å². The van der Waals surface area contributed by atoms with Gasteiger partial charge >= 0.3 is 5.97 Å². The zero-order valence-corrected chi connectivity index (χ0v) is 19.0. The summed E-state index contributed by atoms with van der Waals surface area (Å²) in [6.45, 7) is 4.17. The summed E-state index contributed by atoms with van der Waals surface area (Å²) in [4.78, 5) is 48.7. The lowest BCUT2D eigenvalue weighted by atomic mass is 10.2. The van der Waals surface area contributed by atoms with E-state index in [-0.39, 0.29) is 21.6 Å². The number of halogens is 1. The zero-order valence-electron chi connectivity index (χ0n) is 18.2. The number of aryl methyl sites for hydroxylation is 1. The van der Waals surface area contributed by atoms with Crippen LogP contribution in [0.15, 0.2) is 41.5 Å². The van der Waals surface area contributed by atoms with Crippen LogP contribution in [0.5, 0.6) is 0 Å². The minimum Gasteiger partial charge on any atom is -0.477 e. The van der Waals surface area contributed by atoms with Crippen LogP contribution in [0, 0.1) is 5.82 Å². The van der Waals surface area contributed by atoms with E-state index in [1.54, 1.807) is 15.5 Å². The topological polar surface area (TPSA) is 121 Å². The summed E-state index contributed by atoms with van der Waals surface area (Å²) in [5.74, 6) is -2.13. The number of carbonyl (C=O) groups excluding carboxylic acids is 1. The highest BCUT2D eigenvalue weighted by atomic mass is 32.1. The molecule has 1 fully saturated rings. The molecule has 2 aromatic heterocycles. The number of carboxylic acids is 1. The van der Waals surface area contributed by atoms with Crippen molar-refractivity contribution in [3.05, 3.63) is 63.8 Å². The quantitative estimate of drug-likeness (QED) is 0.531. The van der Waals surface area contributed by atoms with Gasteiger partial charge in [0.15, 0.2) is 5.11 Å². The van der Waals surface area contributed by atoms with Crippen LogP contribution in [0.1, 0.15) is 27.6 Å². The van der Waals surface area contributed by atoms with Gasteiger partial charge in [0.2, 0.25) is 11.4 Å². The first-order chi connectivity index (χ1) is 16.3. The second-order valence-corrected chi connectivity index (χ2v) is 7.97. The Hall–Kier alpha value is -3.93. The van der Waals surface area contributed by atoms with Gasteiger partial charge in [-0.2, -0.15) is 4.98 Å². The molecular formula is C22H21FN6O4S. The molecular weight excluding hydrogens is 463 g/mol. The predicted molar refractivity (Wildman–Crippen MR) is 127 cm³/mol. The van der Waals surface area contributed by atoms with Gasteiger partial charge in [0.05, 0.1) is 10.9 Å². The number of amides is 1. The molecule has 1 saturated heterocycles. The van der Waals surface area contributed by atoms with Crippen LogP contribution in [0.25, 0.3) is 11.0 Å². The standard InChI is InChI=1S/C22H21FN6O4S/c1-2-27-12-15(20(32)33)17(30)14-11-24-21(25-18(14)27)28-7-9-29(10-8-28)22(34)26-19(31)13-5-3-4-6-16(13)23/h3-6,11-12H,2,7-10H2,1H3,(H,32,33)(H,26,31,34). The van der Waals surface area contributed by atoms with Crippen molar-refractivity contribution >= 4 is 46.2 Å². The van der Waals surface area contributed by atoms with E-state index in [1.165, 1.54) is 30.6 Å². The number of carboxylic acid groups (broad SMARTS) is 1. The lowest BCUT2D eigenvalue weighted by molar-refractivity contribution is 0.0694. The molecule has 2 N–H and O–H groups in total. The van der Waals surface area contributed by atoms with Crippen molar-refractivity contribution in [3.63, 3.8) is 0 Å². The summed E-state index contributed by atoms with van der Waals surface area (Å²) < 4.78 is 15.4. The van der Waals surface area contributed by atoms with Gasteiger partial charge in [-0.3, -0.25) is 14.9 Å². The molecule has 0 unspecified atom stereocenters. The van der Waals surface area contributed by atoms with Crippen LogP contribution in [-0.2, 0) is 6.54 Å². The average Bonchev–Trinajstić information content (AvgIpc) is 2.84. The number of aromatic nitrogens is 3. The first-order valence-corrected chi connectivity index (χ1v) is 10.9. The third kappa shape index (κ3) is 4.44. The molecule has 0 saturated carbocycles. The maximum atomic E-state index is 13.8. The van der Waals surface area contributed by atoms with E-state index in [0.717, 1.165) is 0 Å². The smallest absolute Gasteiger partial charge is 0.341 e. The van der Waals surface area contributed by atoms with Gasteiger partial charge in [0, 0.05) is 45.1 Å². The summed E-state index contributed by atoms with van der Waals surface area (Å²) in [5.41, 5.74) is -0.677. The molecule has 34 heavy (non-hydrogen) atoms. The maximum Gasteiger partial charge on any atom is 0.341 e.